The second-order valence-electron chi connectivity index (χ2n) is 4.13. The quantitative estimate of drug-likeness (QED) is 0.936. The monoisotopic (exact) mass is 310 g/mol. The molecule has 2 aromatic rings. The summed E-state index contributed by atoms with van der Waals surface area (Å²) in [6.45, 7) is 1.75. The molecule has 0 saturated carbocycles. The molecule has 2 rings (SSSR count). The SMILES string of the molecule is Cc1ccnc(NC(=O)COc2cc(Cl)ccc2Cl)c1. The van der Waals surface area contributed by atoms with Crippen molar-refractivity contribution in [3.63, 3.8) is 0 Å². The van der Waals surface area contributed by atoms with Crippen LogP contribution in [0.5, 0.6) is 5.75 Å². The molecule has 0 fully saturated rings. The first-order valence-corrected chi connectivity index (χ1v) is 6.60. The predicted octanol–water partition coefficient (Wildman–Crippen LogP) is 3.71. The number of amides is 1. The highest BCUT2D eigenvalue weighted by atomic mass is 35.5. The number of aryl methyl sites for hydroxylation is 1. The third-order valence-electron chi connectivity index (χ3n) is 2.43. The Hall–Kier alpha value is -1.78. The van der Waals surface area contributed by atoms with E-state index in [1.54, 1.807) is 30.5 Å². The summed E-state index contributed by atoms with van der Waals surface area (Å²) in [5, 5.41) is 3.53. The summed E-state index contributed by atoms with van der Waals surface area (Å²) < 4.78 is 5.33. The molecule has 0 bridgehead atoms. The molecule has 104 valence electrons. The second kappa shape index (κ2) is 6.59. The molecule has 1 amide bonds. The van der Waals surface area contributed by atoms with Crippen LogP contribution in [0.1, 0.15) is 5.56 Å². The maximum atomic E-state index is 11.7. The molecule has 1 N–H and O–H groups in total. The molecule has 20 heavy (non-hydrogen) atoms. The van der Waals surface area contributed by atoms with Crippen molar-refractivity contribution in [1.29, 1.82) is 0 Å². The largest absolute Gasteiger partial charge is 0.482 e. The number of nitrogens with one attached hydrogen (secondary N) is 1. The van der Waals surface area contributed by atoms with Crippen LogP contribution in [-0.2, 0) is 4.79 Å². The van der Waals surface area contributed by atoms with Crippen molar-refractivity contribution in [3.05, 3.63) is 52.1 Å². The number of carbonyl (C=O) groups is 1. The van der Waals surface area contributed by atoms with Crippen molar-refractivity contribution in [2.24, 2.45) is 0 Å². The zero-order valence-electron chi connectivity index (χ0n) is 10.7. The topological polar surface area (TPSA) is 51.2 Å². The van der Waals surface area contributed by atoms with Gasteiger partial charge < -0.3 is 10.1 Å². The molecule has 4 nitrogen and oxygen atoms in total. The summed E-state index contributed by atoms with van der Waals surface area (Å²) >= 11 is 11.8. The lowest BCUT2D eigenvalue weighted by Crippen LogP contribution is -2.20. The molecule has 0 aliphatic carbocycles. The molecule has 0 unspecified atom stereocenters. The molecule has 1 aromatic carbocycles. The summed E-state index contributed by atoms with van der Waals surface area (Å²) in [6, 6.07) is 8.43. The Balaban J connectivity index is 1.94. The van der Waals surface area contributed by atoms with E-state index < -0.39 is 0 Å². The smallest absolute Gasteiger partial charge is 0.263 e. The number of ether oxygens (including phenoxy) is 1. The molecular formula is C14H12Cl2N2O2. The molecule has 6 heteroatoms. The molecule has 0 aliphatic heterocycles. The average Bonchev–Trinajstić information content (AvgIpc) is 2.40. The lowest BCUT2D eigenvalue weighted by atomic mass is 10.3. The lowest BCUT2D eigenvalue weighted by molar-refractivity contribution is -0.118. The van der Waals surface area contributed by atoms with E-state index >= 15 is 0 Å². The number of carbonyl (C=O) groups excluding carboxylic acids is 1. The summed E-state index contributed by atoms with van der Waals surface area (Å²) in [7, 11) is 0. The van der Waals surface area contributed by atoms with Gasteiger partial charge in [-0.2, -0.15) is 0 Å². The van der Waals surface area contributed by atoms with Crippen LogP contribution >= 0.6 is 23.2 Å². The van der Waals surface area contributed by atoms with Gasteiger partial charge in [0.05, 0.1) is 5.02 Å². The molecule has 0 atom stereocenters. The zero-order valence-corrected chi connectivity index (χ0v) is 12.2. The summed E-state index contributed by atoms with van der Waals surface area (Å²) in [5.74, 6) is 0.529. The van der Waals surface area contributed by atoms with Gasteiger partial charge in [0, 0.05) is 17.3 Å². The van der Waals surface area contributed by atoms with E-state index in [4.69, 9.17) is 27.9 Å². The Morgan fingerprint density at radius 2 is 2.10 bits per heavy atom. The van der Waals surface area contributed by atoms with Crippen molar-refractivity contribution in [2.45, 2.75) is 6.92 Å². The molecule has 0 aliphatic rings. The summed E-state index contributed by atoms with van der Waals surface area (Å²) in [6.07, 6.45) is 1.62. The van der Waals surface area contributed by atoms with Crippen LogP contribution in [0.4, 0.5) is 5.82 Å². The number of benzene rings is 1. The van der Waals surface area contributed by atoms with Gasteiger partial charge in [0.1, 0.15) is 11.6 Å². The Labute approximate surface area is 126 Å². The van der Waals surface area contributed by atoms with Gasteiger partial charge in [-0.1, -0.05) is 23.2 Å². The van der Waals surface area contributed by atoms with Gasteiger partial charge in [0.2, 0.25) is 0 Å². The van der Waals surface area contributed by atoms with Gasteiger partial charge in [0.15, 0.2) is 6.61 Å². The van der Waals surface area contributed by atoms with Crippen LogP contribution in [-0.4, -0.2) is 17.5 Å². The van der Waals surface area contributed by atoms with Crippen molar-refractivity contribution >= 4 is 34.9 Å². The first kappa shape index (κ1) is 14.6. The number of aromatic nitrogens is 1. The highest BCUT2D eigenvalue weighted by molar-refractivity contribution is 6.34. The van der Waals surface area contributed by atoms with E-state index in [9.17, 15) is 4.79 Å². The van der Waals surface area contributed by atoms with Crippen molar-refractivity contribution in [1.82, 2.24) is 4.98 Å². The first-order valence-electron chi connectivity index (χ1n) is 5.85. The normalized spacial score (nSPS) is 10.2. The Kier molecular flexibility index (Phi) is 4.82. The van der Waals surface area contributed by atoms with Crippen molar-refractivity contribution in [2.75, 3.05) is 11.9 Å². The van der Waals surface area contributed by atoms with Crippen LogP contribution in [0.15, 0.2) is 36.5 Å². The van der Waals surface area contributed by atoms with E-state index in [0.717, 1.165) is 5.56 Å². The van der Waals surface area contributed by atoms with Gasteiger partial charge in [-0.05, 0) is 36.8 Å². The molecule has 1 aromatic heterocycles. The van der Waals surface area contributed by atoms with E-state index in [1.165, 1.54) is 0 Å². The van der Waals surface area contributed by atoms with E-state index in [1.807, 2.05) is 13.0 Å². The lowest BCUT2D eigenvalue weighted by Gasteiger charge is -2.09. The van der Waals surface area contributed by atoms with Crippen LogP contribution in [0.25, 0.3) is 0 Å². The number of halogens is 2. The second-order valence-corrected chi connectivity index (χ2v) is 4.97. The maximum Gasteiger partial charge on any atom is 0.263 e. The number of rotatable bonds is 4. The van der Waals surface area contributed by atoms with Gasteiger partial charge in [-0.15, -0.1) is 0 Å². The highest BCUT2D eigenvalue weighted by Crippen LogP contribution is 2.27. The fourth-order valence-electron chi connectivity index (χ4n) is 1.51. The fraction of sp³-hybridized carbons (Fsp3) is 0.143. The van der Waals surface area contributed by atoms with Gasteiger partial charge in [-0.25, -0.2) is 4.98 Å². The van der Waals surface area contributed by atoms with E-state index in [-0.39, 0.29) is 12.5 Å². The maximum absolute atomic E-state index is 11.7. The molecule has 0 radical (unpaired) electrons. The highest BCUT2D eigenvalue weighted by Gasteiger charge is 2.07. The Morgan fingerprint density at radius 3 is 2.85 bits per heavy atom. The molecule has 0 spiro atoms. The minimum Gasteiger partial charge on any atom is -0.482 e. The predicted molar refractivity (Wildman–Crippen MR) is 79.6 cm³/mol. The summed E-state index contributed by atoms with van der Waals surface area (Å²) in [5.41, 5.74) is 1.01. The van der Waals surface area contributed by atoms with Gasteiger partial charge in [-0.3, -0.25) is 4.79 Å². The number of pyridine rings is 1. The van der Waals surface area contributed by atoms with Crippen molar-refractivity contribution < 1.29 is 9.53 Å². The number of anilines is 1. The molecule has 1 heterocycles. The Morgan fingerprint density at radius 1 is 1.30 bits per heavy atom. The minimum atomic E-state index is -0.320. The summed E-state index contributed by atoms with van der Waals surface area (Å²) in [4.78, 5) is 15.8. The number of hydrogen-bond acceptors (Lipinski definition) is 3. The van der Waals surface area contributed by atoms with Crippen LogP contribution in [0, 0.1) is 6.92 Å². The van der Waals surface area contributed by atoms with Crippen LogP contribution in [0.2, 0.25) is 10.0 Å². The Bertz CT molecular complexity index is 632. The average molecular weight is 311 g/mol. The standard InChI is InChI=1S/C14H12Cl2N2O2/c1-9-4-5-17-13(6-9)18-14(19)8-20-12-7-10(15)2-3-11(12)16/h2-7H,8H2,1H3,(H,17,18,19). The van der Waals surface area contributed by atoms with Crippen molar-refractivity contribution in [3.8, 4) is 5.75 Å². The van der Waals surface area contributed by atoms with E-state index in [2.05, 4.69) is 10.3 Å². The number of hydrogen-bond donors (Lipinski definition) is 1. The van der Waals surface area contributed by atoms with E-state index in [0.29, 0.717) is 21.6 Å². The minimum absolute atomic E-state index is 0.171. The van der Waals surface area contributed by atoms with Crippen LogP contribution in [0.3, 0.4) is 0 Å². The van der Waals surface area contributed by atoms with Gasteiger partial charge >= 0.3 is 0 Å². The zero-order chi connectivity index (χ0) is 14.5. The number of nitrogens with zero attached hydrogens (tertiary/aromatic N) is 1. The van der Waals surface area contributed by atoms with Gasteiger partial charge in [0.25, 0.3) is 5.91 Å². The third-order valence-corrected chi connectivity index (χ3v) is 2.98. The van der Waals surface area contributed by atoms with Crippen LogP contribution < -0.4 is 10.1 Å². The first-order chi connectivity index (χ1) is 9.54. The third kappa shape index (κ3) is 4.11. The molecule has 0 saturated heterocycles. The fourth-order valence-corrected chi connectivity index (χ4v) is 1.85. The molecular weight excluding hydrogens is 299 g/mol.